The minimum absolute atomic E-state index is 0.300. The van der Waals surface area contributed by atoms with E-state index in [-0.39, 0.29) is 5.82 Å². The molecule has 106 valence electrons. The molecule has 0 aromatic heterocycles. The van der Waals surface area contributed by atoms with Crippen LogP contribution in [0.4, 0.5) is 4.39 Å². The molecule has 0 saturated carbocycles. The van der Waals surface area contributed by atoms with Crippen molar-refractivity contribution < 1.29 is 18.7 Å². The second-order valence-electron chi connectivity index (χ2n) is 4.64. The average Bonchev–Trinajstić information content (AvgIpc) is 2.53. The topological polar surface area (TPSA) is 35.5 Å². The number of esters is 1. The van der Waals surface area contributed by atoms with Crippen molar-refractivity contribution in [3.05, 3.63) is 71.0 Å². The van der Waals surface area contributed by atoms with Crippen LogP contribution in [0.5, 0.6) is 5.75 Å². The van der Waals surface area contributed by atoms with E-state index in [0.717, 1.165) is 16.7 Å². The highest BCUT2D eigenvalue weighted by atomic mass is 19.1. The van der Waals surface area contributed by atoms with Crippen LogP contribution in [-0.2, 0) is 4.74 Å². The fourth-order valence-corrected chi connectivity index (χ4v) is 2.37. The number of hydrogen-bond donors (Lipinski definition) is 0. The van der Waals surface area contributed by atoms with Crippen molar-refractivity contribution in [3.63, 3.8) is 0 Å². The van der Waals surface area contributed by atoms with Gasteiger partial charge in [-0.05, 0) is 47.5 Å². The van der Waals surface area contributed by atoms with Gasteiger partial charge in [0.1, 0.15) is 18.2 Å². The van der Waals surface area contributed by atoms with Crippen LogP contribution in [-0.4, -0.2) is 19.7 Å². The fourth-order valence-electron chi connectivity index (χ4n) is 2.37. The summed E-state index contributed by atoms with van der Waals surface area (Å²) < 4.78 is 23.7. The zero-order valence-electron chi connectivity index (χ0n) is 11.4. The first-order valence-corrected chi connectivity index (χ1v) is 6.50. The third-order valence-corrected chi connectivity index (χ3v) is 3.35. The first-order chi connectivity index (χ1) is 10.2. The maximum absolute atomic E-state index is 13.4. The van der Waals surface area contributed by atoms with Gasteiger partial charge in [0.2, 0.25) is 0 Å². The highest BCUT2D eigenvalue weighted by Gasteiger charge is 2.18. The van der Waals surface area contributed by atoms with Gasteiger partial charge in [-0.25, -0.2) is 9.18 Å². The predicted octanol–water partition coefficient (Wildman–Crippen LogP) is 3.44. The third kappa shape index (κ3) is 2.52. The molecule has 0 unspecified atom stereocenters. The highest BCUT2D eigenvalue weighted by molar-refractivity contribution is 5.93. The Bertz CT molecular complexity index is 735. The van der Waals surface area contributed by atoms with E-state index in [0.29, 0.717) is 17.9 Å². The van der Waals surface area contributed by atoms with E-state index < -0.39 is 5.97 Å². The molecule has 0 N–H and O–H groups in total. The largest absolute Gasteiger partial charge is 0.489 e. The van der Waals surface area contributed by atoms with Crippen LogP contribution in [0, 0.1) is 5.82 Å². The lowest BCUT2D eigenvalue weighted by Gasteiger charge is -2.19. The number of hydrogen-bond acceptors (Lipinski definition) is 3. The van der Waals surface area contributed by atoms with E-state index in [9.17, 15) is 9.18 Å². The Morgan fingerprint density at radius 2 is 2.10 bits per heavy atom. The molecule has 3 rings (SSSR count). The maximum Gasteiger partial charge on any atom is 0.337 e. The van der Waals surface area contributed by atoms with Crippen LogP contribution in [0.1, 0.15) is 21.5 Å². The maximum atomic E-state index is 13.4. The number of ether oxygens (including phenoxy) is 2. The van der Waals surface area contributed by atoms with E-state index >= 15 is 0 Å². The summed E-state index contributed by atoms with van der Waals surface area (Å²) >= 11 is 0. The van der Waals surface area contributed by atoms with Gasteiger partial charge < -0.3 is 9.47 Å². The Morgan fingerprint density at radius 1 is 1.24 bits per heavy atom. The number of fused-ring (bicyclic) bond motifs is 1. The average molecular weight is 284 g/mol. The molecular formula is C17H13FO3. The van der Waals surface area contributed by atoms with Gasteiger partial charge in [-0.3, -0.25) is 0 Å². The Morgan fingerprint density at radius 3 is 2.86 bits per heavy atom. The van der Waals surface area contributed by atoms with Crippen LogP contribution >= 0.6 is 0 Å². The first kappa shape index (κ1) is 13.4. The van der Waals surface area contributed by atoms with Crippen LogP contribution in [0.2, 0.25) is 0 Å². The molecule has 0 bridgehead atoms. The zero-order chi connectivity index (χ0) is 14.8. The normalized spacial score (nSPS) is 13.0. The molecule has 0 atom stereocenters. The number of rotatable bonds is 2. The van der Waals surface area contributed by atoms with Gasteiger partial charge in [0.15, 0.2) is 0 Å². The Hall–Kier alpha value is -2.62. The summed E-state index contributed by atoms with van der Waals surface area (Å²) in [5.41, 5.74) is 2.79. The Labute approximate surface area is 121 Å². The van der Waals surface area contributed by atoms with Crippen LogP contribution < -0.4 is 4.74 Å². The molecule has 1 aliphatic rings. The Balaban J connectivity index is 2.10. The SMILES string of the molecule is COC(=O)c1ccc2c(c1)C(c1cccc(F)c1)=CCO2. The van der Waals surface area contributed by atoms with Crippen molar-refractivity contribution in [2.75, 3.05) is 13.7 Å². The molecule has 0 fully saturated rings. The second kappa shape index (κ2) is 5.40. The number of methoxy groups -OCH3 is 1. The molecule has 0 spiro atoms. The monoisotopic (exact) mass is 284 g/mol. The summed E-state index contributed by atoms with van der Waals surface area (Å²) in [6.45, 7) is 0.413. The molecule has 2 aromatic rings. The van der Waals surface area contributed by atoms with Crippen molar-refractivity contribution in [1.29, 1.82) is 0 Å². The molecule has 21 heavy (non-hydrogen) atoms. The van der Waals surface area contributed by atoms with Gasteiger partial charge >= 0.3 is 5.97 Å². The van der Waals surface area contributed by atoms with Crippen LogP contribution in [0.25, 0.3) is 5.57 Å². The number of benzene rings is 2. The van der Waals surface area contributed by atoms with Gasteiger partial charge in [0.25, 0.3) is 0 Å². The molecular weight excluding hydrogens is 271 g/mol. The van der Waals surface area contributed by atoms with E-state index in [4.69, 9.17) is 9.47 Å². The second-order valence-corrected chi connectivity index (χ2v) is 4.64. The molecule has 1 heterocycles. The van der Waals surface area contributed by atoms with Crippen molar-refractivity contribution in [2.24, 2.45) is 0 Å². The van der Waals surface area contributed by atoms with E-state index in [1.54, 1.807) is 24.3 Å². The molecule has 0 radical (unpaired) electrons. The number of carbonyl (C=O) groups is 1. The van der Waals surface area contributed by atoms with E-state index in [2.05, 4.69) is 0 Å². The van der Waals surface area contributed by atoms with Gasteiger partial charge in [-0.1, -0.05) is 12.1 Å². The molecule has 2 aromatic carbocycles. The van der Waals surface area contributed by atoms with Crippen LogP contribution in [0.3, 0.4) is 0 Å². The summed E-state index contributed by atoms with van der Waals surface area (Å²) in [6, 6.07) is 11.4. The zero-order valence-corrected chi connectivity index (χ0v) is 11.4. The lowest BCUT2D eigenvalue weighted by atomic mass is 9.94. The number of carbonyl (C=O) groups excluding carboxylic acids is 1. The van der Waals surface area contributed by atoms with Crippen molar-refractivity contribution in [3.8, 4) is 5.75 Å². The summed E-state index contributed by atoms with van der Waals surface area (Å²) in [5.74, 6) is -0.0445. The summed E-state index contributed by atoms with van der Waals surface area (Å²) in [4.78, 5) is 11.7. The van der Waals surface area contributed by atoms with Crippen molar-refractivity contribution in [2.45, 2.75) is 0 Å². The molecule has 0 aliphatic carbocycles. The summed E-state index contributed by atoms with van der Waals surface area (Å²) in [6.07, 6.45) is 1.87. The first-order valence-electron chi connectivity index (χ1n) is 6.50. The lowest BCUT2D eigenvalue weighted by molar-refractivity contribution is 0.0600. The quantitative estimate of drug-likeness (QED) is 0.792. The third-order valence-electron chi connectivity index (χ3n) is 3.35. The number of halogens is 1. The molecule has 0 saturated heterocycles. The molecule has 0 amide bonds. The van der Waals surface area contributed by atoms with E-state index in [1.807, 2.05) is 12.1 Å². The van der Waals surface area contributed by atoms with Gasteiger partial charge in [-0.2, -0.15) is 0 Å². The van der Waals surface area contributed by atoms with Crippen molar-refractivity contribution >= 4 is 11.5 Å². The smallest absolute Gasteiger partial charge is 0.337 e. The highest BCUT2D eigenvalue weighted by Crippen LogP contribution is 2.35. The minimum Gasteiger partial charge on any atom is -0.489 e. The minimum atomic E-state index is -0.415. The van der Waals surface area contributed by atoms with E-state index in [1.165, 1.54) is 19.2 Å². The summed E-state index contributed by atoms with van der Waals surface area (Å²) in [7, 11) is 1.33. The standard InChI is InChI=1S/C17H13FO3/c1-20-17(19)12-5-6-16-15(10-12)14(7-8-21-16)11-3-2-4-13(18)9-11/h2-7,9-10H,8H2,1H3. The Kier molecular flexibility index (Phi) is 3.44. The lowest BCUT2D eigenvalue weighted by Crippen LogP contribution is -2.08. The van der Waals surface area contributed by atoms with Gasteiger partial charge in [0, 0.05) is 5.56 Å². The summed E-state index contributed by atoms with van der Waals surface area (Å²) in [5, 5.41) is 0. The van der Waals surface area contributed by atoms with Crippen molar-refractivity contribution in [1.82, 2.24) is 0 Å². The molecule has 1 aliphatic heterocycles. The van der Waals surface area contributed by atoms with Gasteiger partial charge in [-0.15, -0.1) is 0 Å². The van der Waals surface area contributed by atoms with Crippen LogP contribution in [0.15, 0.2) is 48.5 Å². The molecule has 3 nitrogen and oxygen atoms in total. The van der Waals surface area contributed by atoms with Gasteiger partial charge in [0.05, 0.1) is 12.7 Å². The fraction of sp³-hybridized carbons (Fsp3) is 0.118. The molecule has 4 heteroatoms. The predicted molar refractivity (Wildman–Crippen MR) is 76.8 cm³/mol.